The van der Waals surface area contributed by atoms with Crippen LogP contribution in [0.1, 0.15) is 86.5 Å². The van der Waals surface area contributed by atoms with Crippen molar-refractivity contribution in [3.05, 3.63) is 24.4 Å². The predicted octanol–water partition coefficient (Wildman–Crippen LogP) is 6.81. The van der Waals surface area contributed by atoms with Crippen LogP contribution < -0.4 is 0 Å². The van der Waals surface area contributed by atoms with Crippen molar-refractivity contribution in [3.63, 3.8) is 0 Å². The van der Waals surface area contributed by atoms with Crippen LogP contribution in [-0.4, -0.2) is 18.5 Å². The summed E-state index contributed by atoms with van der Waals surface area (Å²) in [5.74, 6) is 0. The lowest BCUT2D eigenvalue weighted by Gasteiger charge is -2.31. The summed E-state index contributed by atoms with van der Waals surface area (Å²) in [6, 6.07) is 0. The minimum atomic E-state index is 0.185. The molecule has 0 aromatic carbocycles. The summed E-state index contributed by atoms with van der Waals surface area (Å²) in [5.41, 5.74) is 3.10. The Morgan fingerprint density at radius 1 is 0.727 bits per heavy atom. The Morgan fingerprint density at radius 2 is 1.18 bits per heavy atom. The zero-order chi connectivity index (χ0) is 17.4. The van der Waals surface area contributed by atoms with E-state index in [0.717, 1.165) is 6.54 Å². The van der Waals surface area contributed by atoms with Gasteiger partial charge in [-0.15, -0.1) is 0 Å². The van der Waals surface area contributed by atoms with E-state index in [1.165, 1.54) is 56.2 Å². The molecule has 0 saturated heterocycles. The fraction of sp³-hybridized carbons (Fsp3) is 0.810. The third-order valence-corrected chi connectivity index (χ3v) is 4.61. The smallest absolute Gasteiger partial charge is 0.0171 e. The number of allylic oxidation sites excluding steroid dienone is 2. The van der Waals surface area contributed by atoms with Crippen LogP contribution in [0.25, 0.3) is 0 Å². The lowest BCUT2D eigenvalue weighted by Crippen LogP contribution is -2.26. The molecule has 0 bridgehead atoms. The van der Waals surface area contributed by atoms with Gasteiger partial charge in [0.15, 0.2) is 0 Å². The van der Waals surface area contributed by atoms with Crippen molar-refractivity contribution in [2.75, 3.05) is 13.6 Å². The van der Waals surface area contributed by atoms with Gasteiger partial charge in [0.2, 0.25) is 0 Å². The summed E-state index contributed by atoms with van der Waals surface area (Å²) in [6.07, 6.45) is 9.18. The van der Waals surface area contributed by atoms with Crippen LogP contribution >= 0.6 is 0 Å². The summed E-state index contributed by atoms with van der Waals surface area (Å²) >= 11 is 0. The van der Waals surface area contributed by atoms with Gasteiger partial charge in [-0.1, -0.05) is 86.0 Å². The van der Waals surface area contributed by atoms with Crippen molar-refractivity contribution >= 4 is 0 Å². The molecule has 0 aliphatic carbocycles. The fourth-order valence-corrected chi connectivity index (χ4v) is 2.48. The van der Waals surface area contributed by atoms with Gasteiger partial charge >= 0.3 is 0 Å². The maximum atomic E-state index is 4.22. The third-order valence-electron chi connectivity index (χ3n) is 4.61. The molecule has 0 spiro atoms. The van der Waals surface area contributed by atoms with E-state index in [-0.39, 0.29) is 10.8 Å². The Hall–Kier alpha value is -0.720. The van der Waals surface area contributed by atoms with Gasteiger partial charge < -0.3 is 4.90 Å². The van der Waals surface area contributed by atoms with Gasteiger partial charge in [0, 0.05) is 24.7 Å². The Kier molecular flexibility index (Phi) is 9.12. The van der Waals surface area contributed by atoms with Gasteiger partial charge in [-0.25, -0.2) is 0 Å². The van der Waals surface area contributed by atoms with Crippen molar-refractivity contribution in [1.82, 2.24) is 4.90 Å². The van der Waals surface area contributed by atoms with E-state index < -0.39 is 0 Å². The van der Waals surface area contributed by atoms with Gasteiger partial charge in [0.1, 0.15) is 0 Å². The van der Waals surface area contributed by atoms with Gasteiger partial charge in [-0.3, -0.25) is 0 Å². The van der Waals surface area contributed by atoms with E-state index in [4.69, 9.17) is 0 Å². The second kappa shape index (κ2) is 9.43. The van der Waals surface area contributed by atoms with Crippen molar-refractivity contribution < 1.29 is 0 Å². The monoisotopic (exact) mass is 307 g/mol. The molecule has 0 rings (SSSR count). The molecule has 130 valence electrons. The minimum Gasteiger partial charge on any atom is -0.378 e. The molecule has 0 heterocycles. The molecular weight excluding hydrogens is 266 g/mol. The van der Waals surface area contributed by atoms with Gasteiger partial charge in [-0.05, 0) is 24.7 Å². The molecule has 0 saturated carbocycles. The summed E-state index contributed by atoms with van der Waals surface area (Å²) in [7, 11) is 2.17. The molecular formula is C21H41N. The summed E-state index contributed by atoms with van der Waals surface area (Å²) < 4.78 is 0. The van der Waals surface area contributed by atoms with Crippen LogP contribution in [0.2, 0.25) is 0 Å². The van der Waals surface area contributed by atoms with Crippen molar-refractivity contribution in [3.8, 4) is 0 Å². The molecule has 0 aromatic rings. The molecule has 0 aromatic heterocycles. The van der Waals surface area contributed by atoms with Crippen LogP contribution in [0.3, 0.4) is 0 Å². The maximum Gasteiger partial charge on any atom is 0.0171 e. The molecule has 1 nitrogen and oxygen atoms in total. The van der Waals surface area contributed by atoms with Crippen molar-refractivity contribution in [2.24, 2.45) is 10.8 Å². The summed E-state index contributed by atoms with van der Waals surface area (Å²) in [5, 5.41) is 0. The summed E-state index contributed by atoms with van der Waals surface area (Å²) in [4.78, 5) is 2.33. The van der Waals surface area contributed by atoms with E-state index in [1.54, 1.807) is 0 Å². The normalized spacial score (nSPS) is 12.3. The van der Waals surface area contributed by atoms with E-state index in [2.05, 4.69) is 66.6 Å². The number of hydrogen-bond acceptors (Lipinski definition) is 1. The first-order valence-electron chi connectivity index (χ1n) is 9.05. The zero-order valence-corrected chi connectivity index (χ0v) is 16.5. The molecule has 1 heteroatoms. The SMILES string of the molecule is C=C(CCCCCCCCN(C)C(=C)C(C)(C)C)C(C)(C)C. The molecule has 0 aliphatic rings. The third kappa shape index (κ3) is 9.33. The highest BCUT2D eigenvalue weighted by Crippen LogP contribution is 2.28. The predicted molar refractivity (Wildman–Crippen MR) is 102 cm³/mol. The first-order chi connectivity index (χ1) is 9.96. The van der Waals surface area contributed by atoms with E-state index >= 15 is 0 Å². The Bertz CT molecular complexity index is 338. The molecule has 0 radical (unpaired) electrons. The van der Waals surface area contributed by atoms with E-state index in [0.29, 0.717) is 0 Å². The lowest BCUT2D eigenvalue weighted by molar-refractivity contribution is 0.305. The molecule has 0 atom stereocenters. The number of hydrogen-bond donors (Lipinski definition) is 0. The highest BCUT2D eigenvalue weighted by molar-refractivity contribution is 5.04. The fourth-order valence-electron chi connectivity index (χ4n) is 2.48. The largest absolute Gasteiger partial charge is 0.378 e. The standard InChI is InChI=1S/C21H41N/c1-18(20(3,4)5)16-14-12-10-11-13-15-17-22(9)19(2)21(6,7)8/h1-2,10-17H2,3-9H3. The highest BCUT2D eigenvalue weighted by atomic mass is 15.1. The average Bonchev–Trinajstić information content (AvgIpc) is 2.38. The quantitative estimate of drug-likeness (QED) is 0.316. The Morgan fingerprint density at radius 3 is 1.64 bits per heavy atom. The topological polar surface area (TPSA) is 3.24 Å². The second-order valence-electron chi connectivity index (χ2n) is 8.84. The van der Waals surface area contributed by atoms with Crippen LogP contribution in [-0.2, 0) is 0 Å². The molecule has 22 heavy (non-hydrogen) atoms. The first-order valence-corrected chi connectivity index (χ1v) is 9.05. The van der Waals surface area contributed by atoms with Crippen molar-refractivity contribution in [1.29, 1.82) is 0 Å². The number of unbranched alkanes of at least 4 members (excludes halogenated alkanes) is 5. The zero-order valence-electron chi connectivity index (χ0n) is 16.5. The Balaban J connectivity index is 3.60. The second-order valence-corrected chi connectivity index (χ2v) is 8.84. The average molecular weight is 308 g/mol. The van der Waals surface area contributed by atoms with Gasteiger partial charge in [-0.2, -0.15) is 0 Å². The molecule has 0 fully saturated rings. The Labute approximate surface area is 140 Å². The first kappa shape index (κ1) is 21.3. The summed E-state index contributed by atoms with van der Waals surface area (Å²) in [6.45, 7) is 23.1. The molecule has 0 amide bonds. The van der Waals surface area contributed by atoms with Gasteiger partial charge in [0.25, 0.3) is 0 Å². The van der Waals surface area contributed by atoms with Gasteiger partial charge in [0.05, 0.1) is 0 Å². The number of rotatable bonds is 10. The van der Waals surface area contributed by atoms with Crippen LogP contribution in [0.15, 0.2) is 24.4 Å². The van der Waals surface area contributed by atoms with E-state index in [9.17, 15) is 0 Å². The van der Waals surface area contributed by atoms with Crippen LogP contribution in [0.4, 0.5) is 0 Å². The van der Waals surface area contributed by atoms with Crippen LogP contribution in [0.5, 0.6) is 0 Å². The molecule has 0 aliphatic heterocycles. The molecule has 0 unspecified atom stereocenters. The van der Waals surface area contributed by atoms with E-state index in [1.807, 2.05) is 0 Å². The minimum absolute atomic E-state index is 0.185. The lowest BCUT2D eigenvalue weighted by atomic mass is 9.84. The van der Waals surface area contributed by atoms with Crippen molar-refractivity contribution in [2.45, 2.75) is 86.5 Å². The van der Waals surface area contributed by atoms with Crippen LogP contribution in [0, 0.1) is 10.8 Å². The molecule has 0 N–H and O–H groups in total. The highest BCUT2D eigenvalue weighted by Gasteiger charge is 2.17. The maximum absolute atomic E-state index is 4.22. The number of nitrogens with zero attached hydrogens (tertiary/aromatic N) is 1.